The van der Waals surface area contributed by atoms with Crippen molar-refractivity contribution >= 4 is 11.9 Å². The molecule has 0 atom stereocenters. The normalized spacial score (nSPS) is 12.1. The van der Waals surface area contributed by atoms with Crippen molar-refractivity contribution in [1.29, 1.82) is 0 Å². The highest BCUT2D eigenvalue weighted by Gasteiger charge is 2.13. The Morgan fingerprint density at radius 2 is 2.10 bits per heavy atom. The van der Waals surface area contributed by atoms with Gasteiger partial charge in [-0.1, -0.05) is 0 Å². The molecule has 1 heterocycles. The van der Waals surface area contributed by atoms with Crippen LogP contribution >= 0.6 is 0 Å². The lowest BCUT2D eigenvalue weighted by atomic mass is 10.1. The van der Waals surface area contributed by atoms with E-state index in [2.05, 4.69) is 15.6 Å². The molecule has 0 aliphatic carbocycles. The van der Waals surface area contributed by atoms with Crippen LogP contribution < -0.4 is 10.6 Å². The topological polar surface area (TPSA) is 69.9 Å². The van der Waals surface area contributed by atoms with Crippen molar-refractivity contribution in [3.63, 3.8) is 0 Å². The molecular formula is C15H26N4O2. The summed E-state index contributed by atoms with van der Waals surface area (Å²) in [5.41, 5.74) is -0.127. The van der Waals surface area contributed by atoms with E-state index in [9.17, 15) is 4.79 Å². The Labute approximate surface area is 126 Å². The van der Waals surface area contributed by atoms with Crippen molar-refractivity contribution in [1.82, 2.24) is 15.5 Å². The number of rotatable bonds is 5. The van der Waals surface area contributed by atoms with E-state index in [1.807, 2.05) is 32.9 Å². The number of amides is 1. The van der Waals surface area contributed by atoms with Crippen molar-refractivity contribution in [2.24, 2.45) is 4.99 Å². The van der Waals surface area contributed by atoms with Crippen LogP contribution in [0.15, 0.2) is 27.8 Å². The number of hydrogen-bond donors (Lipinski definition) is 2. The third-order valence-corrected chi connectivity index (χ3v) is 2.61. The monoisotopic (exact) mass is 294 g/mol. The van der Waals surface area contributed by atoms with Crippen LogP contribution in [0.4, 0.5) is 0 Å². The number of carbonyl (C=O) groups is 1. The van der Waals surface area contributed by atoms with Crippen molar-refractivity contribution in [2.75, 3.05) is 27.2 Å². The fourth-order valence-electron chi connectivity index (χ4n) is 1.54. The molecule has 0 aliphatic rings. The molecule has 0 spiro atoms. The van der Waals surface area contributed by atoms with E-state index in [-0.39, 0.29) is 18.0 Å². The smallest absolute Gasteiger partial charge is 0.243 e. The minimum Gasteiger partial charge on any atom is -0.469 e. The first-order valence-corrected chi connectivity index (χ1v) is 7.07. The SMILES string of the molecule is CN(C)C(=O)CN=C(NCCc1ccco1)NC(C)(C)C. The highest BCUT2D eigenvalue weighted by Crippen LogP contribution is 2.00. The average molecular weight is 294 g/mol. The maximum absolute atomic E-state index is 11.6. The fraction of sp³-hybridized carbons (Fsp3) is 0.600. The highest BCUT2D eigenvalue weighted by molar-refractivity contribution is 5.85. The van der Waals surface area contributed by atoms with Crippen LogP contribution in [0.25, 0.3) is 0 Å². The van der Waals surface area contributed by atoms with E-state index in [4.69, 9.17) is 4.42 Å². The molecule has 2 N–H and O–H groups in total. The van der Waals surface area contributed by atoms with Gasteiger partial charge in [0.25, 0.3) is 0 Å². The molecule has 6 nitrogen and oxygen atoms in total. The second-order valence-electron chi connectivity index (χ2n) is 6.08. The van der Waals surface area contributed by atoms with Crippen LogP contribution in [-0.2, 0) is 11.2 Å². The number of carbonyl (C=O) groups excluding carboxylic acids is 1. The quantitative estimate of drug-likeness (QED) is 0.633. The van der Waals surface area contributed by atoms with Crippen LogP contribution in [0.1, 0.15) is 26.5 Å². The van der Waals surface area contributed by atoms with E-state index < -0.39 is 0 Å². The van der Waals surface area contributed by atoms with Crippen LogP contribution in [-0.4, -0.2) is 49.5 Å². The van der Waals surface area contributed by atoms with Crippen molar-refractivity contribution in [3.8, 4) is 0 Å². The molecule has 0 bridgehead atoms. The molecule has 1 aromatic heterocycles. The molecule has 0 fully saturated rings. The Balaban J connectivity index is 2.55. The summed E-state index contributed by atoms with van der Waals surface area (Å²) in [5, 5.41) is 6.49. The molecule has 21 heavy (non-hydrogen) atoms. The number of guanidine groups is 1. The van der Waals surface area contributed by atoms with Gasteiger partial charge < -0.3 is 20.0 Å². The van der Waals surface area contributed by atoms with Gasteiger partial charge in [0, 0.05) is 32.6 Å². The van der Waals surface area contributed by atoms with Crippen LogP contribution in [0.2, 0.25) is 0 Å². The Hall–Kier alpha value is -1.98. The largest absolute Gasteiger partial charge is 0.469 e. The number of furan rings is 1. The van der Waals surface area contributed by atoms with Gasteiger partial charge in [0.15, 0.2) is 5.96 Å². The molecule has 0 radical (unpaired) electrons. The van der Waals surface area contributed by atoms with Gasteiger partial charge in [-0.25, -0.2) is 4.99 Å². The predicted octanol–water partition coefficient (Wildman–Crippen LogP) is 1.24. The lowest BCUT2D eigenvalue weighted by molar-refractivity contribution is -0.127. The maximum Gasteiger partial charge on any atom is 0.243 e. The van der Waals surface area contributed by atoms with E-state index in [1.54, 1.807) is 20.4 Å². The molecule has 6 heteroatoms. The zero-order chi connectivity index (χ0) is 15.9. The van der Waals surface area contributed by atoms with Gasteiger partial charge in [0.2, 0.25) is 5.91 Å². The molecule has 0 unspecified atom stereocenters. The number of nitrogens with zero attached hydrogens (tertiary/aromatic N) is 2. The first-order valence-electron chi connectivity index (χ1n) is 7.07. The summed E-state index contributed by atoms with van der Waals surface area (Å²) in [6.45, 7) is 6.95. The van der Waals surface area contributed by atoms with Crippen molar-refractivity contribution < 1.29 is 9.21 Å². The lowest BCUT2D eigenvalue weighted by Gasteiger charge is -2.24. The highest BCUT2D eigenvalue weighted by atomic mass is 16.3. The second-order valence-corrected chi connectivity index (χ2v) is 6.08. The maximum atomic E-state index is 11.6. The van der Waals surface area contributed by atoms with Gasteiger partial charge in [0.05, 0.1) is 6.26 Å². The number of aliphatic imine (C=N–C) groups is 1. The van der Waals surface area contributed by atoms with E-state index in [0.29, 0.717) is 12.5 Å². The summed E-state index contributed by atoms with van der Waals surface area (Å²) in [6.07, 6.45) is 2.42. The predicted molar refractivity (Wildman–Crippen MR) is 84.3 cm³/mol. The first-order chi connectivity index (χ1) is 9.78. The van der Waals surface area contributed by atoms with Crippen LogP contribution in [0, 0.1) is 0 Å². The van der Waals surface area contributed by atoms with Gasteiger partial charge in [0.1, 0.15) is 12.3 Å². The Bertz CT molecular complexity index is 459. The van der Waals surface area contributed by atoms with Gasteiger partial charge in [-0.15, -0.1) is 0 Å². The molecule has 0 saturated carbocycles. The van der Waals surface area contributed by atoms with Crippen molar-refractivity contribution in [3.05, 3.63) is 24.2 Å². The molecule has 1 rings (SSSR count). The van der Waals surface area contributed by atoms with Gasteiger partial charge in [-0.05, 0) is 32.9 Å². The standard InChI is InChI=1S/C15H26N4O2/c1-15(2,3)18-14(17-11-13(20)19(4)5)16-9-8-12-7-6-10-21-12/h6-7,10H,8-9,11H2,1-5H3,(H2,16,17,18). The summed E-state index contributed by atoms with van der Waals surface area (Å²) in [6, 6.07) is 3.80. The number of nitrogens with one attached hydrogen (secondary N) is 2. The minimum atomic E-state index is -0.127. The molecule has 0 saturated heterocycles. The molecular weight excluding hydrogens is 268 g/mol. The van der Waals surface area contributed by atoms with Gasteiger partial charge >= 0.3 is 0 Å². The average Bonchev–Trinajstić information content (AvgIpc) is 2.86. The summed E-state index contributed by atoms with van der Waals surface area (Å²) < 4.78 is 5.28. The van der Waals surface area contributed by atoms with Gasteiger partial charge in [-0.2, -0.15) is 0 Å². The fourth-order valence-corrected chi connectivity index (χ4v) is 1.54. The summed E-state index contributed by atoms with van der Waals surface area (Å²) >= 11 is 0. The third-order valence-electron chi connectivity index (χ3n) is 2.61. The van der Waals surface area contributed by atoms with E-state index in [1.165, 1.54) is 4.90 Å². The Kier molecular flexibility index (Phi) is 6.27. The molecule has 1 aromatic rings. The van der Waals surface area contributed by atoms with Crippen LogP contribution in [0.3, 0.4) is 0 Å². The Morgan fingerprint density at radius 1 is 1.38 bits per heavy atom. The Morgan fingerprint density at radius 3 is 2.62 bits per heavy atom. The number of likely N-dealkylation sites (N-methyl/N-ethyl adjacent to an activating group) is 1. The summed E-state index contributed by atoms with van der Waals surface area (Å²) in [5.74, 6) is 1.52. The zero-order valence-electron chi connectivity index (χ0n) is 13.6. The van der Waals surface area contributed by atoms with Crippen LogP contribution in [0.5, 0.6) is 0 Å². The second kappa shape index (κ2) is 7.71. The molecule has 118 valence electrons. The van der Waals surface area contributed by atoms with E-state index >= 15 is 0 Å². The molecule has 1 amide bonds. The van der Waals surface area contributed by atoms with E-state index in [0.717, 1.165) is 12.2 Å². The summed E-state index contributed by atoms with van der Waals surface area (Å²) in [4.78, 5) is 17.5. The lowest BCUT2D eigenvalue weighted by Crippen LogP contribution is -2.48. The molecule has 0 aromatic carbocycles. The number of hydrogen-bond acceptors (Lipinski definition) is 3. The summed E-state index contributed by atoms with van der Waals surface area (Å²) in [7, 11) is 3.44. The minimum absolute atomic E-state index is 0.0314. The molecule has 0 aliphatic heterocycles. The van der Waals surface area contributed by atoms with Gasteiger partial charge in [-0.3, -0.25) is 4.79 Å². The first kappa shape index (κ1) is 17.1. The third kappa shape index (κ3) is 7.39. The van der Waals surface area contributed by atoms with Crippen molar-refractivity contribution in [2.45, 2.75) is 32.7 Å². The zero-order valence-corrected chi connectivity index (χ0v) is 13.6.